The predicted octanol–water partition coefficient (Wildman–Crippen LogP) is 5.14. The van der Waals surface area contributed by atoms with Crippen molar-refractivity contribution in [1.29, 1.82) is 0 Å². The van der Waals surface area contributed by atoms with Crippen molar-refractivity contribution < 1.29 is 4.39 Å². The second-order valence-electron chi connectivity index (χ2n) is 5.13. The molecule has 106 valence electrons. The van der Waals surface area contributed by atoms with E-state index < -0.39 is 0 Å². The monoisotopic (exact) mass is 335 g/mol. The molecule has 0 aliphatic carbocycles. The molecule has 20 heavy (non-hydrogen) atoms. The van der Waals surface area contributed by atoms with Crippen LogP contribution >= 0.6 is 15.9 Å². The summed E-state index contributed by atoms with van der Waals surface area (Å²) in [5.74, 6) is -0.161. The maximum absolute atomic E-state index is 14.3. The smallest absolute Gasteiger partial charge is 0.146 e. The fourth-order valence-electron chi connectivity index (χ4n) is 2.19. The van der Waals surface area contributed by atoms with Gasteiger partial charge in [0.25, 0.3) is 0 Å². The summed E-state index contributed by atoms with van der Waals surface area (Å²) in [6.45, 7) is 4.88. The van der Waals surface area contributed by atoms with E-state index in [1.165, 1.54) is 5.56 Å². The molecule has 2 aromatic rings. The fourth-order valence-corrected chi connectivity index (χ4v) is 2.54. The van der Waals surface area contributed by atoms with E-state index in [0.717, 1.165) is 5.56 Å². The summed E-state index contributed by atoms with van der Waals surface area (Å²) >= 11 is 3.36. The number of rotatable bonds is 5. The van der Waals surface area contributed by atoms with Gasteiger partial charge in [-0.3, -0.25) is 0 Å². The van der Waals surface area contributed by atoms with Crippen LogP contribution in [-0.4, -0.2) is 6.04 Å². The van der Waals surface area contributed by atoms with Crippen molar-refractivity contribution in [2.45, 2.75) is 31.8 Å². The van der Waals surface area contributed by atoms with Gasteiger partial charge in [-0.2, -0.15) is 0 Å². The van der Waals surface area contributed by atoms with Crippen LogP contribution in [-0.2, 0) is 11.9 Å². The molecular formula is C17H19BrFN. The van der Waals surface area contributed by atoms with Gasteiger partial charge in [-0.1, -0.05) is 52.3 Å². The zero-order valence-corrected chi connectivity index (χ0v) is 13.4. The first-order valence-electron chi connectivity index (χ1n) is 6.76. The maximum Gasteiger partial charge on any atom is 0.146 e. The lowest BCUT2D eigenvalue weighted by Gasteiger charge is -2.29. The Morgan fingerprint density at radius 1 is 1.05 bits per heavy atom. The highest BCUT2D eigenvalue weighted by atomic mass is 79.9. The lowest BCUT2D eigenvalue weighted by Crippen LogP contribution is -2.30. The Hall–Kier alpha value is -1.35. The third-order valence-electron chi connectivity index (χ3n) is 3.29. The SMILES string of the molecule is CC(C)N(Cc1ccccc1)c1ccc(CBr)cc1F. The van der Waals surface area contributed by atoms with E-state index in [4.69, 9.17) is 0 Å². The van der Waals surface area contributed by atoms with Crippen molar-refractivity contribution in [3.63, 3.8) is 0 Å². The normalized spacial score (nSPS) is 10.8. The molecule has 0 heterocycles. The molecule has 0 aliphatic heterocycles. The molecule has 2 aromatic carbocycles. The Bertz CT molecular complexity index is 554. The van der Waals surface area contributed by atoms with Crippen molar-refractivity contribution in [2.75, 3.05) is 4.90 Å². The Balaban J connectivity index is 2.29. The molecule has 3 heteroatoms. The highest BCUT2D eigenvalue weighted by Gasteiger charge is 2.15. The first-order chi connectivity index (χ1) is 9.61. The third kappa shape index (κ3) is 3.60. The van der Waals surface area contributed by atoms with Gasteiger partial charge in [0.2, 0.25) is 0 Å². The third-order valence-corrected chi connectivity index (χ3v) is 3.94. The van der Waals surface area contributed by atoms with E-state index >= 15 is 0 Å². The minimum absolute atomic E-state index is 0.161. The van der Waals surface area contributed by atoms with Crippen molar-refractivity contribution in [3.8, 4) is 0 Å². The highest BCUT2D eigenvalue weighted by molar-refractivity contribution is 9.08. The number of hydrogen-bond acceptors (Lipinski definition) is 1. The van der Waals surface area contributed by atoms with Gasteiger partial charge < -0.3 is 4.90 Å². The van der Waals surface area contributed by atoms with Gasteiger partial charge in [0.1, 0.15) is 5.82 Å². The number of benzene rings is 2. The summed E-state index contributed by atoms with van der Waals surface area (Å²) < 4.78 is 14.3. The molecule has 0 atom stereocenters. The van der Waals surface area contributed by atoms with Gasteiger partial charge in [0, 0.05) is 17.9 Å². The first-order valence-corrected chi connectivity index (χ1v) is 7.89. The van der Waals surface area contributed by atoms with Gasteiger partial charge >= 0.3 is 0 Å². The van der Waals surface area contributed by atoms with Crippen LogP contribution in [0.3, 0.4) is 0 Å². The Labute approximate surface area is 128 Å². The van der Waals surface area contributed by atoms with Gasteiger partial charge in [-0.15, -0.1) is 0 Å². The van der Waals surface area contributed by atoms with Crippen LogP contribution in [0.15, 0.2) is 48.5 Å². The number of halogens is 2. The van der Waals surface area contributed by atoms with Crippen LogP contribution in [0, 0.1) is 5.82 Å². The zero-order chi connectivity index (χ0) is 14.5. The molecule has 0 saturated carbocycles. The topological polar surface area (TPSA) is 3.24 Å². The summed E-state index contributed by atoms with van der Waals surface area (Å²) in [4.78, 5) is 2.09. The Kier molecular flexibility index (Phi) is 5.18. The van der Waals surface area contributed by atoms with E-state index in [1.807, 2.05) is 30.3 Å². The molecule has 2 rings (SSSR count). The summed E-state index contributed by atoms with van der Waals surface area (Å²) in [6.07, 6.45) is 0. The average molecular weight is 336 g/mol. The summed E-state index contributed by atoms with van der Waals surface area (Å²) in [5, 5.41) is 0.671. The van der Waals surface area contributed by atoms with E-state index in [9.17, 15) is 4.39 Å². The van der Waals surface area contributed by atoms with Crippen LogP contribution in [0.5, 0.6) is 0 Å². The highest BCUT2D eigenvalue weighted by Crippen LogP contribution is 2.25. The Morgan fingerprint density at radius 2 is 1.75 bits per heavy atom. The molecule has 1 nitrogen and oxygen atoms in total. The maximum atomic E-state index is 14.3. The van der Waals surface area contributed by atoms with E-state index in [2.05, 4.69) is 46.8 Å². The second-order valence-corrected chi connectivity index (χ2v) is 5.69. The largest absolute Gasteiger partial charge is 0.362 e. The van der Waals surface area contributed by atoms with Gasteiger partial charge in [-0.25, -0.2) is 4.39 Å². The van der Waals surface area contributed by atoms with Gasteiger partial charge in [0.05, 0.1) is 5.69 Å². The lowest BCUT2D eigenvalue weighted by atomic mass is 10.1. The standard InChI is InChI=1S/C17H19BrFN/c1-13(2)20(12-14-6-4-3-5-7-14)17-9-8-15(11-18)10-16(17)19/h3-10,13H,11-12H2,1-2H3. The van der Waals surface area contributed by atoms with Gasteiger partial charge in [0.15, 0.2) is 0 Å². The molecule has 0 fully saturated rings. The molecule has 0 amide bonds. The quantitative estimate of drug-likeness (QED) is 0.684. The van der Waals surface area contributed by atoms with Crippen molar-refractivity contribution in [2.24, 2.45) is 0 Å². The second kappa shape index (κ2) is 6.89. The molecule has 0 bridgehead atoms. The van der Waals surface area contributed by atoms with Gasteiger partial charge in [-0.05, 0) is 37.1 Å². The summed E-state index contributed by atoms with van der Waals surface area (Å²) in [7, 11) is 0. The molecule has 0 aromatic heterocycles. The summed E-state index contributed by atoms with van der Waals surface area (Å²) in [6, 6.07) is 15.8. The molecule has 0 saturated heterocycles. The molecule has 0 N–H and O–H groups in total. The summed E-state index contributed by atoms with van der Waals surface area (Å²) in [5.41, 5.74) is 2.80. The minimum atomic E-state index is -0.161. The van der Waals surface area contributed by atoms with Crippen LogP contribution < -0.4 is 4.90 Å². The van der Waals surface area contributed by atoms with Crippen molar-refractivity contribution >= 4 is 21.6 Å². The zero-order valence-electron chi connectivity index (χ0n) is 11.8. The van der Waals surface area contributed by atoms with E-state index in [1.54, 1.807) is 6.07 Å². The molecule has 0 radical (unpaired) electrons. The Morgan fingerprint density at radius 3 is 2.30 bits per heavy atom. The van der Waals surface area contributed by atoms with E-state index in [0.29, 0.717) is 17.6 Å². The molecule has 0 unspecified atom stereocenters. The molecule has 0 aliphatic rings. The molecule has 0 spiro atoms. The number of alkyl halides is 1. The minimum Gasteiger partial charge on any atom is -0.362 e. The predicted molar refractivity (Wildman–Crippen MR) is 86.8 cm³/mol. The lowest BCUT2D eigenvalue weighted by molar-refractivity contribution is 0.597. The van der Waals surface area contributed by atoms with E-state index in [-0.39, 0.29) is 11.9 Å². The molecular weight excluding hydrogens is 317 g/mol. The van der Waals surface area contributed by atoms with Crippen LogP contribution in [0.2, 0.25) is 0 Å². The average Bonchev–Trinajstić information content (AvgIpc) is 2.46. The van der Waals surface area contributed by atoms with Crippen LogP contribution in [0.1, 0.15) is 25.0 Å². The van der Waals surface area contributed by atoms with Crippen molar-refractivity contribution in [3.05, 3.63) is 65.5 Å². The first kappa shape index (κ1) is 15.0. The van der Waals surface area contributed by atoms with Crippen molar-refractivity contribution in [1.82, 2.24) is 0 Å². The number of anilines is 1. The van der Waals surface area contributed by atoms with Crippen LogP contribution in [0.25, 0.3) is 0 Å². The van der Waals surface area contributed by atoms with Crippen LogP contribution in [0.4, 0.5) is 10.1 Å². The number of hydrogen-bond donors (Lipinski definition) is 0. The fraction of sp³-hybridized carbons (Fsp3) is 0.294. The number of nitrogens with zero attached hydrogens (tertiary/aromatic N) is 1.